The topological polar surface area (TPSA) is 44.3 Å². The average Bonchev–Trinajstić information content (AvgIpc) is 2.72. The number of nitrogens with zero attached hydrogens (tertiary/aromatic N) is 4. The molecule has 0 bridgehead atoms. The summed E-state index contributed by atoms with van der Waals surface area (Å²) >= 11 is 0. The Bertz CT molecular complexity index is 917. The summed E-state index contributed by atoms with van der Waals surface area (Å²) in [6, 6.07) is 19.0. The van der Waals surface area contributed by atoms with Gasteiger partial charge in [-0.25, -0.2) is 4.98 Å². The second-order valence-electron chi connectivity index (χ2n) is 7.43. The molecule has 1 saturated heterocycles. The molecular formula is C23H27N5. The first-order chi connectivity index (χ1) is 13.7. The average molecular weight is 374 g/mol. The third-order valence-electron chi connectivity index (χ3n) is 5.20. The number of aryl methyl sites for hydroxylation is 2. The first kappa shape index (κ1) is 18.4. The number of hydrogen-bond acceptors (Lipinski definition) is 5. The Morgan fingerprint density at radius 2 is 1.71 bits per heavy atom. The highest BCUT2D eigenvalue weighted by molar-refractivity contribution is 5.61. The summed E-state index contributed by atoms with van der Waals surface area (Å²) in [5, 5.41) is 3.45. The molecule has 0 atom stereocenters. The van der Waals surface area contributed by atoms with E-state index in [-0.39, 0.29) is 0 Å². The minimum absolute atomic E-state index is 0.801. The van der Waals surface area contributed by atoms with Crippen molar-refractivity contribution >= 4 is 17.5 Å². The van der Waals surface area contributed by atoms with Gasteiger partial charge in [0, 0.05) is 44.6 Å². The van der Waals surface area contributed by atoms with Gasteiger partial charge >= 0.3 is 0 Å². The van der Waals surface area contributed by atoms with E-state index in [2.05, 4.69) is 82.5 Å². The summed E-state index contributed by atoms with van der Waals surface area (Å²) in [5.41, 5.74) is 4.90. The minimum atomic E-state index is 0.801. The lowest BCUT2D eigenvalue weighted by molar-refractivity contribution is 0.248. The standard InChI is InChI=1S/C23H27N5/c1-18-8-9-19(2)21(16-18)25-22-10-11-24-23(26-22)28-14-12-27(13-15-28)17-20-6-4-3-5-7-20/h3-11,16H,12-15,17H2,1-2H3,(H,24,25,26). The van der Waals surface area contributed by atoms with Gasteiger partial charge in [-0.2, -0.15) is 4.98 Å². The smallest absolute Gasteiger partial charge is 0.227 e. The fourth-order valence-corrected chi connectivity index (χ4v) is 3.53. The molecule has 0 radical (unpaired) electrons. The molecule has 28 heavy (non-hydrogen) atoms. The molecule has 2 heterocycles. The zero-order valence-electron chi connectivity index (χ0n) is 16.6. The fourth-order valence-electron chi connectivity index (χ4n) is 3.53. The first-order valence-corrected chi connectivity index (χ1v) is 9.86. The molecular weight excluding hydrogens is 346 g/mol. The van der Waals surface area contributed by atoms with Gasteiger partial charge in [-0.3, -0.25) is 4.90 Å². The minimum Gasteiger partial charge on any atom is -0.340 e. The first-order valence-electron chi connectivity index (χ1n) is 9.86. The summed E-state index contributed by atoms with van der Waals surface area (Å²) in [6.45, 7) is 9.14. The molecule has 5 nitrogen and oxygen atoms in total. The summed E-state index contributed by atoms with van der Waals surface area (Å²) in [6.07, 6.45) is 1.84. The van der Waals surface area contributed by atoms with Crippen LogP contribution < -0.4 is 10.2 Å². The maximum absolute atomic E-state index is 4.76. The number of aromatic nitrogens is 2. The lowest BCUT2D eigenvalue weighted by atomic mass is 10.1. The van der Waals surface area contributed by atoms with Crippen LogP contribution in [0.2, 0.25) is 0 Å². The van der Waals surface area contributed by atoms with Crippen LogP contribution in [0.3, 0.4) is 0 Å². The second-order valence-corrected chi connectivity index (χ2v) is 7.43. The quantitative estimate of drug-likeness (QED) is 0.727. The van der Waals surface area contributed by atoms with Crippen LogP contribution in [0.25, 0.3) is 0 Å². The molecule has 144 valence electrons. The Morgan fingerprint density at radius 1 is 0.929 bits per heavy atom. The van der Waals surface area contributed by atoms with Crippen LogP contribution >= 0.6 is 0 Å². The van der Waals surface area contributed by atoms with Crippen LogP contribution in [0.15, 0.2) is 60.8 Å². The Balaban J connectivity index is 1.39. The van der Waals surface area contributed by atoms with Crippen molar-refractivity contribution in [2.24, 2.45) is 0 Å². The Kier molecular flexibility index (Phi) is 5.53. The third-order valence-corrected chi connectivity index (χ3v) is 5.20. The van der Waals surface area contributed by atoms with Gasteiger partial charge in [0.05, 0.1) is 0 Å². The zero-order chi connectivity index (χ0) is 19.3. The van der Waals surface area contributed by atoms with Crippen molar-refractivity contribution < 1.29 is 0 Å². The molecule has 1 N–H and O–H groups in total. The van der Waals surface area contributed by atoms with E-state index in [0.717, 1.165) is 50.2 Å². The van der Waals surface area contributed by atoms with Gasteiger partial charge in [-0.05, 0) is 42.7 Å². The summed E-state index contributed by atoms with van der Waals surface area (Å²) in [7, 11) is 0. The number of benzene rings is 2. The molecule has 0 amide bonds. The third kappa shape index (κ3) is 4.49. The van der Waals surface area contributed by atoms with E-state index in [4.69, 9.17) is 4.98 Å². The number of rotatable bonds is 5. The molecule has 0 aliphatic carbocycles. The van der Waals surface area contributed by atoms with E-state index in [0.29, 0.717) is 0 Å². The summed E-state index contributed by atoms with van der Waals surface area (Å²) in [4.78, 5) is 14.0. The highest BCUT2D eigenvalue weighted by Crippen LogP contribution is 2.22. The van der Waals surface area contributed by atoms with Gasteiger partial charge in [-0.1, -0.05) is 42.5 Å². The number of hydrogen-bond donors (Lipinski definition) is 1. The van der Waals surface area contributed by atoms with Crippen molar-refractivity contribution in [2.45, 2.75) is 20.4 Å². The Hall–Kier alpha value is -2.92. The van der Waals surface area contributed by atoms with Crippen molar-refractivity contribution in [3.8, 4) is 0 Å². The van der Waals surface area contributed by atoms with Gasteiger partial charge in [0.1, 0.15) is 5.82 Å². The largest absolute Gasteiger partial charge is 0.340 e. The van der Waals surface area contributed by atoms with Gasteiger partial charge in [0.2, 0.25) is 5.95 Å². The van der Waals surface area contributed by atoms with Crippen LogP contribution in [0.1, 0.15) is 16.7 Å². The maximum Gasteiger partial charge on any atom is 0.227 e. The van der Waals surface area contributed by atoms with Crippen molar-refractivity contribution in [2.75, 3.05) is 36.4 Å². The van der Waals surface area contributed by atoms with Crippen LogP contribution in [-0.4, -0.2) is 41.0 Å². The van der Waals surface area contributed by atoms with Gasteiger partial charge in [-0.15, -0.1) is 0 Å². The van der Waals surface area contributed by atoms with Crippen LogP contribution in [0, 0.1) is 13.8 Å². The van der Waals surface area contributed by atoms with Crippen molar-refractivity contribution in [3.63, 3.8) is 0 Å². The number of anilines is 3. The van der Waals surface area contributed by atoms with E-state index in [9.17, 15) is 0 Å². The lowest BCUT2D eigenvalue weighted by Crippen LogP contribution is -2.46. The molecule has 3 aromatic rings. The molecule has 5 heteroatoms. The highest BCUT2D eigenvalue weighted by atomic mass is 15.3. The van der Waals surface area contributed by atoms with Crippen LogP contribution in [0.4, 0.5) is 17.5 Å². The van der Waals surface area contributed by atoms with Crippen molar-refractivity contribution in [1.29, 1.82) is 0 Å². The lowest BCUT2D eigenvalue weighted by Gasteiger charge is -2.34. The van der Waals surface area contributed by atoms with E-state index in [1.54, 1.807) is 0 Å². The monoisotopic (exact) mass is 373 g/mol. The SMILES string of the molecule is Cc1ccc(C)c(Nc2ccnc(N3CCN(Cc4ccccc4)CC3)n2)c1. The molecule has 0 saturated carbocycles. The second kappa shape index (κ2) is 8.40. The van der Waals surface area contributed by atoms with E-state index in [1.807, 2.05) is 12.3 Å². The van der Waals surface area contributed by atoms with Crippen molar-refractivity contribution in [1.82, 2.24) is 14.9 Å². The Labute approximate surface area is 167 Å². The predicted octanol–water partition coefficient (Wildman–Crippen LogP) is 4.16. The molecule has 1 aromatic heterocycles. The molecule has 2 aromatic carbocycles. The fraction of sp³-hybridized carbons (Fsp3) is 0.304. The highest BCUT2D eigenvalue weighted by Gasteiger charge is 2.19. The number of piperazine rings is 1. The molecule has 4 rings (SSSR count). The van der Waals surface area contributed by atoms with E-state index < -0.39 is 0 Å². The normalized spacial score (nSPS) is 14.9. The molecule has 1 aliphatic heterocycles. The molecule has 0 spiro atoms. The van der Waals surface area contributed by atoms with Crippen LogP contribution in [-0.2, 0) is 6.54 Å². The van der Waals surface area contributed by atoms with E-state index in [1.165, 1.54) is 16.7 Å². The summed E-state index contributed by atoms with van der Waals surface area (Å²) in [5.74, 6) is 1.64. The predicted molar refractivity (Wildman–Crippen MR) is 115 cm³/mol. The van der Waals surface area contributed by atoms with Crippen molar-refractivity contribution in [3.05, 3.63) is 77.5 Å². The van der Waals surface area contributed by atoms with Gasteiger partial charge in [0.15, 0.2) is 0 Å². The van der Waals surface area contributed by atoms with Crippen LogP contribution in [0.5, 0.6) is 0 Å². The number of nitrogens with one attached hydrogen (secondary N) is 1. The molecule has 1 fully saturated rings. The van der Waals surface area contributed by atoms with Gasteiger partial charge < -0.3 is 10.2 Å². The maximum atomic E-state index is 4.76. The van der Waals surface area contributed by atoms with Gasteiger partial charge in [0.25, 0.3) is 0 Å². The molecule has 0 unspecified atom stereocenters. The summed E-state index contributed by atoms with van der Waals surface area (Å²) < 4.78 is 0. The van der Waals surface area contributed by atoms with E-state index >= 15 is 0 Å². The molecule has 1 aliphatic rings. The zero-order valence-corrected chi connectivity index (χ0v) is 16.6. The Morgan fingerprint density at radius 3 is 2.50 bits per heavy atom.